The molecule has 4 aliphatic rings. The summed E-state index contributed by atoms with van der Waals surface area (Å²) < 4.78 is 6.05. The number of fused-ring (bicyclic) bond motifs is 1. The lowest BCUT2D eigenvalue weighted by Crippen LogP contribution is -2.53. The Balaban J connectivity index is 1.06. The molecule has 0 saturated carbocycles. The van der Waals surface area contributed by atoms with E-state index in [-0.39, 0.29) is 42.5 Å². The van der Waals surface area contributed by atoms with Crippen molar-refractivity contribution in [1.82, 2.24) is 19.6 Å². The largest absolute Gasteiger partial charge is 0.507 e. The van der Waals surface area contributed by atoms with Gasteiger partial charge in [0.1, 0.15) is 5.75 Å². The zero-order valence-electron chi connectivity index (χ0n) is 29.3. The molecule has 3 saturated heterocycles. The summed E-state index contributed by atoms with van der Waals surface area (Å²) in [5.41, 5.74) is 4.18. The van der Waals surface area contributed by atoms with Crippen LogP contribution in [0.2, 0.25) is 0 Å². The smallest absolute Gasteiger partial charge is 0.410 e. The van der Waals surface area contributed by atoms with Crippen molar-refractivity contribution in [2.75, 3.05) is 51.1 Å². The van der Waals surface area contributed by atoms with Gasteiger partial charge in [-0.1, -0.05) is 30.3 Å². The molecular weight excluding hydrogens is 638 g/mol. The van der Waals surface area contributed by atoms with Crippen LogP contribution in [0.5, 0.6) is 5.75 Å². The molecule has 0 radical (unpaired) electrons. The van der Waals surface area contributed by atoms with E-state index in [9.17, 15) is 24.3 Å². The van der Waals surface area contributed by atoms with Crippen LogP contribution < -0.4 is 5.32 Å². The van der Waals surface area contributed by atoms with Gasteiger partial charge in [-0.25, -0.2) is 9.59 Å². The first-order valence-corrected chi connectivity index (χ1v) is 18.2. The summed E-state index contributed by atoms with van der Waals surface area (Å²) >= 11 is 0. The maximum atomic E-state index is 14.1. The highest BCUT2D eigenvalue weighted by Gasteiger charge is 2.37. The number of aliphatic carboxylic acids is 1. The second kappa shape index (κ2) is 15.7. The van der Waals surface area contributed by atoms with E-state index in [0.29, 0.717) is 62.7 Å². The van der Waals surface area contributed by atoms with Gasteiger partial charge in [0.2, 0.25) is 0 Å². The summed E-state index contributed by atoms with van der Waals surface area (Å²) in [7, 11) is 0. The van der Waals surface area contributed by atoms with Gasteiger partial charge in [0.25, 0.3) is 5.91 Å². The lowest BCUT2D eigenvalue weighted by Gasteiger charge is -2.42. The fourth-order valence-corrected chi connectivity index (χ4v) is 8.28. The van der Waals surface area contributed by atoms with Gasteiger partial charge in [-0.3, -0.25) is 9.59 Å². The van der Waals surface area contributed by atoms with Crippen LogP contribution in [0, 0.1) is 19.8 Å². The highest BCUT2D eigenvalue weighted by atomic mass is 16.6. The highest BCUT2D eigenvalue weighted by molar-refractivity contribution is 5.91. The number of phenols is 1. The van der Waals surface area contributed by atoms with E-state index in [2.05, 4.69) is 10.2 Å². The Bertz CT molecular complexity index is 1540. The van der Waals surface area contributed by atoms with Crippen molar-refractivity contribution < 1.29 is 34.1 Å². The third-order valence-electron chi connectivity index (χ3n) is 11.2. The first kappa shape index (κ1) is 35.5. The number of carbonyl (C=O) groups is 4. The van der Waals surface area contributed by atoms with Crippen molar-refractivity contribution >= 4 is 29.7 Å². The summed E-state index contributed by atoms with van der Waals surface area (Å²) in [6.45, 7) is 7.97. The van der Waals surface area contributed by atoms with Crippen molar-refractivity contribution in [2.45, 2.75) is 89.8 Å². The molecule has 270 valence electrons. The van der Waals surface area contributed by atoms with E-state index in [0.717, 1.165) is 62.0 Å². The zero-order valence-corrected chi connectivity index (χ0v) is 29.3. The molecule has 0 spiro atoms. The summed E-state index contributed by atoms with van der Waals surface area (Å²) in [5, 5.41) is 22.5. The Morgan fingerprint density at radius 2 is 1.48 bits per heavy atom. The van der Waals surface area contributed by atoms with Gasteiger partial charge in [-0.15, -0.1) is 0 Å². The van der Waals surface area contributed by atoms with Crippen molar-refractivity contribution in [2.24, 2.45) is 5.92 Å². The average molecular weight is 690 g/mol. The van der Waals surface area contributed by atoms with Crippen LogP contribution in [-0.2, 0) is 27.2 Å². The van der Waals surface area contributed by atoms with E-state index in [4.69, 9.17) is 9.84 Å². The van der Waals surface area contributed by atoms with E-state index in [1.54, 1.807) is 4.90 Å². The first-order valence-electron chi connectivity index (χ1n) is 18.2. The molecule has 0 unspecified atom stereocenters. The number of carboxylic acid groups (broad SMARTS) is 1. The fraction of sp³-hybridized carbons (Fsp3) is 0.579. The molecule has 4 heterocycles. The number of nitrogens with zero attached hydrogens (tertiary/aromatic N) is 4. The quantitative estimate of drug-likeness (QED) is 0.359. The number of carboxylic acids is 1. The number of carbonyl (C=O) groups excluding carboxylic acids is 3. The molecule has 12 heteroatoms. The van der Waals surface area contributed by atoms with E-state index >= 15 is 0 Å². The second-order valence-corrected chi connectivity index (χ2v) is 14.5. The van der Waals surface area contributed by atoms with E-state index in [1.165, 1.54) is 0 Å². The predicted octanol–water partition coefficient (Wildman–Crippen LogP) is 4.79. The van der Waals surface area contributed by atoms with Crippen LogP contribution >= 0.6 is 0 Å². The molecular formula is C38H51N5O7. The van der Waals surface area contributed by atoms with Gasteiger partial charge in [0.05, 0.1) is 0 Å². The number of likely N-dealkylation sites (tertiary alicyclic amines) is 3. The van der Waals surface area contributed by atoms with Crippen molar-refractivity contribution in [3.05, 3.63) is 58.7 Å². The van der Waals surface area contributed by atoms with Gasteiger partial charge >= 0.3 is 18.1 Å². The Morgan fingerprint density at radius 1 is 0.860 bits per heavy atom. The number of piperidine rings is 3. The molecule has 12 nitrogen and oxygen atoms in total. The van der Waals surface area contributed by atoms with Gasteiger partial charge in [-0.2, -0.15) is 0 Å². The minimum atomic E-state index is -1.01. The molecule has 4 aliphatic heterocycles. The van der Waals surface area contributed by atoms with Crippen molar-refractivity contribution in [3.63, 3.8) is 0 Å². The molecule has 0 bridgehead atoms. The lowest BCUT2D eigenvalue weighted by molar-refractivity contribution is -0.142. The number of nitrogens with one attached hydrogen (secondary N) is 1. The van der Waals surface area contributed by atoms with Crippen molar-refractivity contribution in [3.8, 4) is 5.75 Å². The topological polar surface area (TPSA) is 143 Å². The normalized spacial score (nSPS) is 20.5. The SMILES string of the molecule is Cc1cc(C[C@@H](OC(=O)N2CCC(N3CCc4ccccc4NC3=O)CC2)C(=O)N2CCC(N3CCC(CC(=O)O)CC3)CC2)cc(C)c1O. The molecule has 1 atom stereocenters. The first-order chi connectivity index (χ1) is 24.0. The summed E-state index contributed by atoms with van der Waals surface area (Å²) in [6.07, 6.45) is 4.29. The molecule has 3 fully saturated rings. The van der Waals surface area contributed by atoms with Gasteiger partial charge in [0, 0.05) is 63.3 Å². The third-order valence-corrected chi connectivity index (χ3v) is 11.2. The van der Waals surface area contributed by atoms with Crippen molar-refractivity contribution in [1.29, 1.82) is 0 Å². The molecule has 0 aromatic heterocycles. The van der Waals surface area contributed by atoms with Gasteiger partial charge in [-0.05, 0) is 106 Å². The van der Waals surface area contributed by atoms with Gasteiger partial charge in [0.15, 0.2) is 6.10 Å². The number of ether oxygens (including phenoxy) is 1. The number of phenolic OH excluding ortho intramolecular Hbond substituents is 1. The monoisotopic (exact) mass is 689 g/mol. The van der Waals surface area contributed by atoms with Crippen LogP contribution in [0.1, 0.15) is 67.2 Å². The number of para-hydroxylation sites is 1. The Morgan fingerprint density at radius 3 is 2.14 bits per heavy atom. The zero-order chi connectivity index (χ0) is 35.4. The third kappa shape index (κ3) is 8.34. The highest BCUT2D eigenvalue weighted by Crippen LogP contribution is 2.29. The minimum absolute atomic E-state index is 0.00186. The maximum Gasteiger partial charge on any atom is 0.410 e. The van der Waals surface area contributed by atoms with E-state index in [1.807, 2.05) is 60.0 Å². The Kier molecular flexibility index (Phi) is 11.2. The number of hydrogen-bond donors (Lipinski definition) is 3. The lowest BCUT2D eigenvalue weighted by atomic mass is 9.91. The average Bonchev–Trinajstić information content (AvgIpc) is 3.28. The second-order valence-electron chi connectivity index (χ2n) is 14.5. The molecule has 50 heavy (non-hydrogen) atoms. The molecule has 4 amide bonds. The number of urea groups is 1. The molecule has 2 aromatic carbocycles. The Labute approximate surface area is 294 Å². The molecule has 2 aromatic rings. The number of anilines is 1. The maximum absolute atomic E-state index is 14.1. The number of hydrogen-bond acceptors (Lipinski definition) is 7. The van der Waals surface area contributed by atoms with Crippen LogP contribution in [-0.4, -0.2) is 118 Å². The minimum Gasteiger partial charge on any atom is -0.507 e. The standard InChI is InChI=1S/C38H51N5O7/c1-25-21-28(22-26(2)35(25)46)23-33(36(47)41-16-10-30(11-17-41)40-14-7-27(8-15-40)24-34(44)45)50-38(49)42-18-12-31(13-19-42)43-20-9-29-5-3-4-6-32(29)39-37(43)48/h3-6,21-22,27,30-31,33,46H,7-20,23-24H2,1-2H3,(H,39,48)(H,44,45)/t33-/m1/s1. The van der Waals surface area contributed by atoms with Crippen LogP contribution in [0.25, 0.3) is 0 Å². The van der Waals surface area contributed by atoms with Crippen LogP contribution in [0.4, 0.5) is 15.3 Å². The number of rotatable bonds is 8. The summed E-state index contributed by atoms with van der Waals surface area (Å²) in [5.74, 6) is -0.504. The van der Waals surface area contributed by atoms with Crippen LogP contribution in [0.15, 0.2) is 36.4 Å². The number of benzene rings is 2. The molecule has 0 aliphatic carbocycles. The van der Waals surface area contributed by atoms with Crippen LogP contribution in [0.3, 0.4) is 0 Å². The number of aromatic hydroxyl groups is 1. The summed E-state index contributed by atoms with van der Waals surface area (Å²) in [4.78, 5) is 59.7. The fourth-order valence-electron chi connectivity index (χ4n) is 8.28. The number of aryl methyl sites for hydroxylation is 2. The Hall–Kier alpha value is -4.32. The number of amides is 4. The van der Waals surface area contributed by atoms with Gasteiger partial charge < -0.3 is 39.9 Å². The molecule has 6 rings (SSSR count). The molecule has 3 N–H and O–H groups in total. The predicted molar refractivity (Wildman–Crippen MR) is 188 cm³/mol. The summed E-state index contributed by atoms with van der Waals surface area (Å²) in [6, 6.07) is 11.8. The van der Waals surface area contributed by atoms with E-state index < -0.39 is 18.2 Å².